The van der Waals surface area contributed by atoms with Crippen molar-refractivity contribution < 1.29 is 9.53 Å². The van der Waals surface area contributed by atoms with Crippen molar-refractivity contribution in [2.75, 3.05) is 7.11 Å². The number of aromatic amines is 1. The van der Waals surface area contributed by atoms with Gasteiger partial charge in [-0.2, -0.15) is 5.10 Å². The number of hydrogen-bond donors (Lipinski definition) is 1. The molecule has 4 heteroatoms. The Labute approximate surface area is 58.2 Å². The molecule has 0 saturated heterocycles. The van der Waals surface area contributed by atoms with Crippen LogP contribution >= 0.6 is 0 Å². The Morgan fingerprint density at radius 2 is 2.80 bits per heavy atom. The number of nitrogens with zero attached hydrogens (tertiary/aromatic N) is 1. The molecule has 0 spiro atoms. The lowest BCUT2D eigenvalue weighted by atomic mass is 10.3. The average molecular weight is 139 g/mol. The molecule has 0 saturated carbocycles. The van der Waals surface area contributed by atoms with Crippen LogP contribution in [0.4, 0.5) is 0 Å². The molecule has 0 bridgehead atoms. The van der Waals surface area contributed by atoms with Crippen LogP contribution in [0.1, 0.15) is 5.69 Å². The lowest BCUT2D eigenvalue weighted by Crippen LogP contribution is -2.04. The van der Waals surface area contributed by atoms with Crippen LogP contribution in [0.2, 0.25) is 0 Å². The second-order valence-corrected chi connectivity index (χ2v) is 1.73. The number of nitrogens with one attached hydrogen (secondary N) is 1. The van der Waals surface area contributed by atoms with Gasteiger partial charge in [0, 0.05) is 12.3 Å². The monoisotopic (exact) mass is 139 g/mol. The molecular formula is C6H7N2O2. The van der Waals surface area contributed by atoms with Gasteiger partial charge in [0.2, 0.25) is 0 Å². The van der Waals surface area contributed by atoms with Gasteiger partial charge in [-0.3, -0.25) is 9.89 Å². The Hall–Kier alpha value is -1.32. The molecule has 0 unspecified atom stereocenters. The van der Waals surface area contributed by atoms with E-state index in [0.29, 0.717) is 5.69 Å². The van der Waals surface area contributed by atoms with E-state index in [-0.39, 0.29) is 12.4 Å². The fraction of sp³-hybridized carbons (Fsp3) is 0.333. The van der Waals surface area contributed by atoms with Gasteiger partial charge >= 0.3 is 5.97 Å². The van der Waals surface area contributed by atoms with Crippen molar-refractivity contribution in [1.29, 1.82) is 0 Å². The molecule has 4 nitrogen and oxygen atoms in total. The molecule has 0 aromatic carbocycles. The van der Waals surface area contributed by atoms with E-state index < -0.39 is 0 Å². The first-order valence-electron chi connectivity index (χ1n) is 2.80. The number of methoxy groups -OCH3 is 1. The Kier molecular flexibility index (Phi) is 2.04. The molecule has 1 aromatic rings. The van der Waals surface area contributed by atoms with Gasteiger partial charge in [-0.25, -0.2) is 0 Å². The highest BCUT2D eigenvalue weighted by Gasteiger charge is 2.02. The largest absolute Gasteiger partial charge is 0.469 e. The Morgan fingerprint density at radius 3 is 3.30 bits per heavy atom. The number of aromatic nitrogens is 2. The van der Waals surface area contributed by atoms with E-state index in [4.69, 9.17) is 0 Å². The molecule has 1 rings (SSSR count). The van der Waals surface area contributed by atoms with Crippen LogP contribution in [-0.2, 0) is 16.0 Å². The summed E-state index contributed by atoms with van der Waals surface area (Å²) in [5.74, 6) is -0.302. The highest BCUT2D eigenvalue weighted by Crippen LogP contribution is 1.92. The SMILES string of the molecule is COC(=O)Cc1[c]c[nH]n1. The molecule has 0 atom stereocenters. The maximum Gasteiger partial charge on any atom is 0.311 e. The van der Waals surface area contributed by atoms with Crippen LogP contribution in [0, 0.1) is 6.07 Å². The van der Waals surface area contributed by atoms with Gasteiger partial charge in [-0.15, -0.1) is 0 Å². The van der Waals surface area contributed by atoms with Crippen molar-refractivity contribution in [1.82, 2.24) is 10.2 Å². The van der Waals surface area contributed by atoms with Gasteiger partial charge in [-0.1, -0.05) is 0 Å². The number of H-pyrrole nitrogens is 1. The first kappa shape index (κ1) is 6.80. The number of carbonyl (C=O) groups is 1. The molecule has 0 fully saturated rings. The molecular weight excluding hydrogens is 132 g/mol. The van der Waals surface area contributed by atoms with Gasteiger partial charge in [-0.05, 0) is 0 Å². The molecule has 0 aliphatic heterocycles. The van der Waals surface area contributed by atoms with Gasteiger partial charge in [0.05, 0.1) is 19.2 Å². The van der Waals surface area contributed by atoms with Crippen molar-refractivity contribution in [2.45, 2.75) is 6.42 Å². The van der Waals surface area contributed by atoms with Crippen LogP contribution in [-0.4, -0.2) is 23.3 Å². The summed E-state index contributed by atoms with van der Waals surface area (Å²) in [6, 6.07) is 2.73. The zero-order valence-corrected chi connectivity index (χ0v) is 5.55. The molecule has 1 heterocycles. The van der Waals surface area contributed by atoms with Gasteiger partial charge in [0.1, 0.15) is 0 Å². The third kappa shape index (κ3) is 1.58. The van der Waals surface area contributed by atoms with Crippen molar-refractivity contribution in [2.24, 2.45) is 0 Å². The van der Waals surface area contributed by atoms with Crippen molar-refractivity contribution in [3.05, 3.63) is 18.0 Å². The summed E-state index contributed by atoms with van der Waals surface area (Å²) in [6.07, 6.45) is 1.72. The molecule has 0 aliphatic carbocycles. The van der Waals surface area contributed by atoms with E-state index in [1.54, 1.807) is 0 Å². The second-order valence-electron chi connectivity index (χ2n) is 1.73. The Morgan fingerprint density at radius 1 is 2.00 bits per heavy atom. The number of carbonyl (C=O) groups excluding carboxylic acids is 1. The van der Waals surface area contributed by atoms with E-state index in [1.807, 2.05) is 0 Å². The normalized spacial score (nSPS) is 9.30. The minimum absolute atomic E-state index is 0.181. The molecule has 1 radical (unpaired) electrons. The maximum absolute atomic E-state index is 10.6. The van der Waals surface area contributed by atoms with Crippen LogP contribution in [0.3, 0.4) is 0 Å². The highest BCUT2D eigenvalue weighted by molar-refractivity contribution is 5.71. The summed E-state index contributed by atoms with van der Waals surface area (Å²) in [6.45, 7) is 0. The first-order chi connectivity index (χ1) is 4.83. The smallest absolute Gasteiger partial charge is 0.311 e. The van der Waals surface area contributed by atoms with Crippen LogP contribution in [0.25, 0.3) is 0 Å². The zero-order valence-electron chi connectivity index (χ0n) is 5.55. The van der Waals surface area contributed by atoms with Crippen molar-refractivity contribution in [3.63, 3.8) is 0 Å². The van der Waals surface area contributed by atoms with Gasteiger partial charge in [0.15, 0.2) is 0 Å². The predicted octanol–water partition coefficient (Wildman–Crippen LogP) is -0.0746. The van der Waals surface area contributed by atoms with Crippen LogP contribution in [0.15, 0.2) is 6.20 Å². The van der Waals surface area contributed by atoms with Crippen molar-refractivity contribution in [3.8, 4) is 0 Å². The quantitative estimate of drug-likeness (QED) is 0.583. The summed E-state index contributed by atoms with van der Waals surface area (Å²) in [7, 11) is 1.34. The van der Waals surface area contributed by atoms with E-state index in [0.717, 1.165) is 0 Å². The number of esters is 1. The number of rotatable bonds is 2. The lowest BCUT2D eigenvalue weighted by Gasteiger charge is -1.92. The second kappa shape index (κ2) is 3.00. The van der Waals surface area contributed by atoms with E-state index in [9.17, 15) is 4.79 Å². The number of hydrogen-bond acceptors (Lipinski definition) is 3. The molecule has 0 aliphatic rings. The Balaban J connectivity index is 2.48. The first-order valence-corrected chi connectivity index (χ1v) is 2.80. The summed E-state index contributed by atoms with van der Waals surface area (Å²) >= 11 is 0. The summed E-state index contributed by atoms with van der Waals surface area (Å²) in [5, 5.41) is 6.27. The molecule has 53 valence electrons. The molecule has 10 heavy (non-hydrogen) atoms. The number of ether oxygens (including phenoxy) is 1. The third-order valence-corrected chi connectivity index (χ3v) is 1.04. The standard InChI is InChI=1S/C6H7N2O2/c1-10-6(9)4-5-2-3-7-8-5/h3H,4H2,1H3,(H,7,8). The minimum Gasteiger partial charge on any atom is -0.469 e. The topological polar surface area (TPSA) is 55.0 Å². The average Bonchev–Trinajstić information content (AvgIpc) is 2.40. The highest BCUT2D eigenvalue weighted by atomic mass is 16.5. The van der Waals surface area contributed by atoms with E-state index >= 15 is 0 Å². The van der Waals surface area contributed by atoms with Crippen molar-refractivity contribution >= 4 is 5.97 Å². The lowest BCUT2D eigenvalue weighted by molar-refractivity contribution is -0.139. The molecule has 1 aromatic heterocycles. The fourth-order valence-corrected chi connectivity index (χ4v) is 0.557. The third-order valence-electron chi connectivity index (χ3n) is 1.04. The molecule has 1 N–H and O–H groups in total. The van der Waals surface area contributed by atoms with Crippen LogP contribution < -0.4 is 0 Å². The van der Waals surface area contributed by atoms with Gasteiger partial charge in [0.25, 0.3) is 0 Å². The van der Waals surface area contributed by atoms with Gasteiger partial charge < -0.3 is 4.74 Å². The van der Waals surface area contributed by atoms with E-state index in [2.05, 4.69) is 21.0 Å². The van der Waals surface area contributed by atoms with Crippen LogP contribution in [0.5, 0.6) is 0 Å². The fourth-order valence-electron chi connectivity index (χ4n) is 0.557. The summed E-state index contributed by atoms with van der Waals surface area (Å²) < 4.78 is 4.41. The summed E-state index contributed by atoms with van der Waals surface area (Å²) in [4.78, 5) is 10.6. The van der Waals surface area contributed by atoms with E-state index in [1.165, 1.54) is 13.3 Å². The molecule has 0 amide bonds. The minimum atomic E-state index is -0.302. The summed E-state index contributed by atoms with van der Waals surface area (Å²) in [5.41, 5.74) is 0.576. The predicted molar refractivity (Wildman–Crippen MR) is 33.1 cm³/mol. The zero-order chi connectivity index (χ0) is 7.40. The Bertz CT molecular complexity index is 206. The maximum atomic E-state index is 10.6.